The molecule has 0 aliphatic heterocycles. The Morgan fingerprint density at radius 1 is 1.12 bits per heavy atom. The maximum atomic E-state index is 11.4. The number of hydrogen-bond donors (Lipinski definition) is 1. The summed E-state index contributed by atoms with van der Waals surface area (Å²) >= 11 is 0. The predicted molar refractivity (Wildman–Crippen MR) is 57.3 cm³/mol. The molecule has 0 radical (unpaired) electrons. The summed E-state index contributed by atoms with van der Waals surface area (Å²) in [6.07, 6.45) is 3.03. The second kappa shape index (κ2) is 4.41. The number of rotatable bonds is 1. The molecule has 1 rings (SSSR count). The molecule has 5 heteroatoms. The Morgan fingerprint density at radius 2 is 1.62 bits per heavy atom. The van der Waals surface area contributed by atoms with Gasteiger partial charge in [0.2, 0.25) is 0 Å². The van der Waals surface area contributed by atoms with E-state index in [-0.39, 0.29) is 0 Å². The van der Waals surface area contributed by atoms with Crippen LogP contribution in [0.3, 0.4) is 0 Å². The molecule has 0 heterocycles. The number of ether oxygens (including phenoxy) is 2. The summed E-state index contributed by atoms with van der Waals surface area (Å²) in [5.41, 5.74) is 4.13. The van der Waals surface area contributed by atoms with Gasteiger partial charge >= 0.3 is 11.9 Å². The summed E-state index contributed by atoms with van der Waals surface area (Å²) in [7, 11) is 0. The van der Waals surface area contributed by atoms with E-state index in [4.69, 9.17) is 15.2 Å². The average molecular weight is 229 g/mol. The minimum absolute atomic E-state index is 0.599. The molecule has 0 aromatic rings. The zero-order chi connectivity index (χ0) is 12.4. The van der Waals surface area contributed by atoms with E-state index in [1.807, 2.05) is 0 Å². The Bertz CT molecular complexity index is 287. The molecular formula is C11H19NO4. The molecule has 1 aliphatic carbocycles. The average Bonchev–Trinajstić information content (AvgIpc) is 2.48. The number of carbonyl (C=O) groups excluding carboxylic acids is 2. The summed E-state index contributed by atoms with van der Waals surface area (Å²) < 4.78 is 9.86. The fraction of sp³-hybridized carbons (Fsp3) is 0.818. The van der Waals surface area contributed by atoms with Crippen LogP contribution in [0.1, 0.15) is 46.5 Å². The molecule has 92 valence electrons. The molecule has 0 saturated heterocycles. The van der Waals surface area contributed by atoms with E-state index in [2.05, 4.69) is 0 Å². The third-order valence-electron chi connectivity index (χ3n) is 2.31. The molecule has 1 aliphatic rings. The summed E-state index contributed by atoms with van der Waals surface area (Å²) in [5.74, 6) is -1.98. The van der Waals surface area contributed by atoms with E-state index in [1.165, 1.54) is 0 Å². The van der Waals surface area contributed by atoms with Gasteiger partial charge in [-0.15, -0.1) is 0 Å². The van der Waals surface area contributed by atoms with Crippen molar-refractivity contribution in [2.75, 3.05) is 0 Å². The fourth-order valence-electron chi connectivity index (χ4n) is 1.62. The van der Waals surface area contributed by atoms with E-state index >= 15 is 0 Å². The number of nitrogens with two attached hydrogens (primary N) is 1. The normalized spacial score (nSPS) is 19.2. The highest BCUT2D eigenvalue weighted by molar-refractivity contribution is 6.29. The van der Waals surface area contributed by atoms with Gasteiger partial charge < -0.3 is 9.47 Å². The van der Waals surface area contributed by atoms with Crippen molar-refractivity contribution in [2.24, 2.45) is 5.73 Å². The number of carbonyl (C=O) groups is 2. The van der Waals surface area contributed by atoms with E-state index in [9.17, 15) is 9.59 Å². The van der Waals surface area contributed by atoms with Gasteiger partial charge in [0.15, 0.2) is 5.72 Å². The largest absolute Gasteiger partial charge is 0.452 e. The second-order valence-corrected chi connectivity index (χ2v) is 5.16. The van der Waals surface area contributed by atoms with E-state index in [1.54, 1.807) is 20.8 Å². The molecule has 1 saturated carbocycles. The van der Waals surface area contributed by atoms with E-state index in [0.29, 0.717) is 12.8 Å². The highest BCUT2D eigenvalue weighted by Gasteiger charge is 2.36. The van der Waals surface area contributed by atoms with Crippen LogP contribution in [0.25, 0.3) is 0 Å². The summed E-state index contributed by atoms with van der Waals surface area (Å²) in [5, 5.41) is 0. The van der Waals surface area contributed by atoms with Crippen LogP contribution in [-0.4, -0.2) is 23.3 Å². The van der Waals surface area contributed by atoms with Crippen molar-refractivity contribution in [3.8, 4) is 0 Å². The van der Waals surface area contributed by atoms with Crippen molar-refractivity contribution >= 4 is 11.9 Å². The van der Waals surface area contributed by atoms with Crippen LogP contribution < -0.4 is 5.73 Å². The first-order chi connectivity index (χ1) is 7.22. The van der Waals surface area contributed by atoms with Crippen LogP contribution in [-0.2, 0) is 19.1 Å². The molecule has 0 amide bonds. The highest BCUT2D eigenvalue weighted by Crippen LogP contribution is 2.28. The smallest absolute Gasteiger partial charge is 0.419 e. The minimum Gasteiger partial charge on any atom is -0.452 e. The first-order valence-corrected chi connectivity index (χ1v) is 5.47. The van der Waals surface area contributed by atoms with Crippen LogP contribution in [0, 0.1) is 0 Å². The number of hydrogen-bond acceptors (Lipinski definition) is 5. The van der Waals surface area contributed by atoms with Crippen LogP contribution in [0.5, 0.6) is 0 Å². The van der Waals surface area contributed by atoms with Crippen molar-refractivity contribution in [1.29, 1.82) is 0 Å². The third-order valence-corrected chi connectivity index (χ3v) is 2.31. The van der Waals surface area contributed by atoms with Gasteiger partial charge in [-0.05, 0) is 33.6 Å². The molecule has 0 bridgehead atoms. The molecule has 0 spiro atoms. The maximum Gasteiger partial charge on any atom is 0.419 e. The fourth-order valence-corrected chi connectivity index (χ4v) is 1.62. The predicted octanol–water partition coefficient (Wildman–Crippen LogP) is 1.10. The van der Waals surface area contributed by atoms with Gasteiger partial charge in [0, 0.05) is 12.8 Å². The first-order valence-electron chi connectivity index (χ1n) is 5.47. The molecule has 0 atom stereocenters. The van der Waals surface area contributed by atoms with Crippen molar-refractivity contribution in [2.45, 2.75) is 57.8 Å². The Labute approximate surface area is 95.3 Å². The van der Waals surface area contributed by atoms with Crippen molar-refractivity contribution in [1.82, 2.24) is 0 Å². The molecule has 2 N–H and O–H groups in total. The van der Waals surface area contributed by atoms with E-state index in [0.717, 1.165) is 12.8 Å². The maximum absolute atomic E-state index is 11.4. The summed E-state index contributed by atoms with van der Waals surface area (Å²) in [4.78, 5) is 22.7. The van der Waals surface area contributed by atoms with Crippen molar-refractivity contribution in [3.05, 3.63) is 0 Å². The van der Waals surface area contributed by atoms with Gasteiger partial charge in [-0.2, -0.15) is 0 Å². The lowest BCUT2D eigenvalue weighted by molar-refractivity contribution is -0.183. The lowest BCUT2D eigenvalue weighted by atomic mass is 10.2. The van der Waals surface area contributed by atoms with Gasteiger partial charge in [0.1, 0.15) is 5.60 Å². The summed E-state index contributed by atoms with van der Waals surface area (Å²) in [6, 6.07) is 0. The molecule has 0 aromatic carbocycles. The number of esters is 2. The molecule has 0 unspecified atom stereocenters. The molecule has 0 aromatic heterocycles. The minimum atomic E-state index is -1.00. The van der Waals surface area contributed by atoms with Crippen LogP contribution in [0.2, 0.25) is 0 Å². The van der Waals surface area contributed by atoms with Gasteiger partial charge in [-0.1, -0.05) is 0 Å². The topological polar surface area (TPSA) is 78.6 Å². The Balaban J connectivity index is 2.49. The quantitative estimate of drug-likeness (QED) is 0.414. The Hall–Kier alpha value is -1.10. The Morgan fingerprint density at radius 3 is 2.06 bits per heavy atom. The third kappa shape index (κ3) is 3.81. The zero-order valence-electron chi connectivity index (χ0n) is 10.0. The molecule has 16 heavy (non-hydrogen) atoms. The highest BCUT2D eigenvalue weighted by atomic mass is 16.6. The zero-order valence-corrected chi connectivity index (χ0v) is 10.0. The lowest BCUT2D eigenvalue weighted by Gasteiger charge is -2.24. The standard InChI is InChI=1S/C11H19NO4/c1-10(2,3)15-8(13)9(14)16-11(12)6-4-5-7-11/h4-7,12H2,1-3H3. The van der Waals surface area contributed by atoms with Gasteiger partial charge in [0.05, 0.1) is 0 Å². The van der Waals surface area contributed by atoms with Crippen molar-refractivity contribution in [3.63, 3.8) is 0 Å². The van der Waals surface area contributed by atoms with Crippen LogP contribution in [0.4, 0.5) is 0 Å². The SMILES string of the molecule is CC(C)(C)OC(=O)C(=O)OC1(N)CCCC1. The monoisotopic (exact) mass is 229 g/mol. The van der Waals surface area contributed by atoms with E-state index < -0.39 is 23.3 Å². The molecule has 5 nitrogen and oxygen atoms in total. The van der Waals surface area contributed by atoms with Gasteiger partial charge in [-0.25, -0.2) is 9.59 Å². The van der Waals surface area contributed by atoms with Crippen molar-refractivity contribution < 1.29 is 19.1 Å². The lowest BCUT2D eigenvalue weighted by Crippen LogP contribution is -2.44. The Kier molecular flexibility index (Phi) is 3.57. The van der Waals surface area contributed by atoms with Crippen LogP contribution >= 0.6 is 0 Å². The van der Waals surface area contributed by atoms with Gasteiger partial charge in [0.25, 0.3) is 0 Å². The molecular weight excluding hydrogens is 210 g/mol. The first kappa shape index (κ1) is 13.0. The van der Waals surface area contributed by atoms with Crippen LogP contribution in [0.15, 0.2) is 0 Å². The molecule has 1 fully saturated rings. The second-order valence-electron chi connectivity index (χ2n) is 5.16. The van der Waals surface area contributed by atoms with Gasteiger partial charge in [-0.3, -0.25) is 5.73 Å². The summed E-state index contributed by atoms with van der Waals surface area (Å²) in [6.45, 7) is 5.06.